The molecule has 0 saturated heterocycles. The molecule has 1 aliphatic heterocycles. The Kier molecular flexibility index (Phi) is 5.65. The number of aliphatic hydroxyl groups excluding tert-OH is 1. The summed E-state index contributed by atoms with van der Waals surface area (Å²) >= 11 is 0. The number of aromatic nitrogens is 3. The standard InChI is InChI=1S/C23H23N5O4/c1-13-6-21(26-8-15(13)7-24)28-11-16(27(3)23(28)31)9-25-10-20(29)17-4-5-18-19(14(17)2)12-32-22(18)30/h4-6,8,11,20,25,29H,9-10,12H2,1-3H3/t20-/m0/s1. The summed E-state index contributed by atoms with van der Waals surface area (Å²) < 4.78 is 8.02. The Hall–Kier alpha value is -3.74. The number of esters is 1. The number of carbonyl (C=O) groups is 1. The number of nitrogens with one attached hydrogen (secondary N) is 1. The molecule has 9 nitrogen and oxygen atoms in total. The molecule has 0 bridgehead atoms. The second-order valence-electron chi connectivity index (χ2n) is 7.83. The van der Waals surface area contributed by atoms with E-state index >= 15 is 0 Å². The third kappa shape index (κ3) is 3.70. The van der Waals surface area contributed by atoms with Gasteiger partial charge in [-0.2, -0.15) is 5.26 Å². The maximum atomic E-state index is 12.7. The van der Waals surface area contributed by atoms with E-state index in [-0.39, 0.29) is 24.8 Å². The van der Waals surface area contributed by atoms with E-state index in [2.05, 4.69) is 16.4 Å². The molecular formula is C23H23N5O4. The largest absolute Gasteiger partial charge is 0.457 e. The summed E-state index contributed by atoms with van der Waals surface area (Å²) in [5.41, 5.74) is 4.63. The lowest BCUT2D eigenvalue weighted by atomic mass is 9.95. The predicted octanol–water partition coefficient (Wildman–Crippen LogP) is 1.55. The van der Waals surface area contributed by atoms with Gasteiger partial charge in [0.1, 0.15) is 18.5 Å². The van der Waals surface area contributed by atoms with E-state index in [4.69, 9.17) is 10.00 Å². The number of fused-ring (bicyclic) bond motifs is 1. The number of hydrogen-bond acceptors (Lipinski definition) is 7. The highest BCUT2D eigenvalue weighted by molar-refractivity contribution is 5.93. The van der Waals surface area contributed by atoms with Gasteiger partial charge in [0.15, 0.2) is 0 Å². The van der Waals surface area contributed by atoms with Crippen molar-refractivity contribution in [3.8, 4) is 11.9 Å². The molecule has 0 saturated carbocycles. The molecule has 0 radical (unpaired) electrons. The van der Waals surface area contributed by atoms with E-state index < -0.39 is 6.10 Å². The highest BCUT2D eigenvalue weighted by Crippen LogP contribution is 2.28. The first-order chi connectivity index (χ1) is 15.3. The Bertz CT molecular complexity index is 1320. The Balaban J connectivity index is 1.47. The number of pyridine rings is 1. The summed E-state index contributed by atoms with van der Waals surface area (Å²) in [6.07, 6.45) is 2.37. The number of nitrogens with zero attached hydrogens (tertiary/aromatic N) is 4. The summed E-state index contributed by atoms with van der Waals surface area (Å²) in [6, 6.07) is 7.20. The molecule has 3 aromatic rings. The van der Waals surface area contributed by atoms with Crippen LogP contribution in [0.25, 0.3) is 5.82 Å². The summed E-state index contributed by atoms with van der Waals surface area (Å²) in [6.45, 7) is 4.52. The molecule has 0 spiro atoms. The number of carbonyl (C=O) groups excluding carboxylic acids is 1. The normalized spacial score (nSPS) is 13.5. The second kappa shape index (κ2) is 8.42. The van der Waals surface area contributed by atoms with Crippen LogP contribution in [0.5, 0.6) is 0 Å². The van der Waals surface area contributed by atoms with Crippen molar-refractivity contribution in [3.05, 3.63) is 80.2 Å². The van der Waals surface area contributed by atoms with Gasteiger partial charge in [0.05, 0.1) is 22.9 Å². The molecule has 2 aromatic heterocycles. The number of aryl methyl sites for hydroxylation is 1. The average molecular weight is 433 g/mol. The molecule has 4 rings (SSSR count). The molecule has 2 N–H and O–H groups in total. The number of benzene rings is 1. The molecule has 3 heterocycles. The Labute approximate surface area is 184 Å². The summed E-state index contributed by atoms with van der Waals surface area (Å²) in [5, 5.41) is 22.9. The van der Waals surface area contributed by atoms with E-state index in [1.165, 1.54) is 15.3 Å². The molecule has 164 valence electrons. The van der Waals surface area contributed by atoms with Gasteiger partial charge in [0.2, 0.25) is 0 Å². The van der Waals surface area contributed by atoms with Crippen molar-refractivity contribution < 1.29 is 14.6 Å². The molecule has 9 heteroatoms. The first-order valence-corrected chi connectivity index (χ1v) is 10.1. The van der Waals surface area contributed by atoms with Crippen LogP contribution >= 0.6 is 0 Å². The lowest BCUT2D eigenvalue weighted by Gasteiger charge is -2.16. The molecule has 0 unspecified atom stereocenters. The zero-order valence-electron chi connectivity index (χ0n) is 18.0. The van der Waals surface area contributed by atoms with Crippen LogP contribution in [0, 0.1) is 25.2 Å². The highest BCUT2D eigenvalue weighted by Gasteiger charge is 2.25. The highest BCUT2D eigenvalue weighted by atomic mass is 16.5. The summed E-state index contributed by atoms with van der Waals surface area (Å²) in [5.74, 6) is 0.110. The van der Waals surface area contributed by atoms with Crippen LogP contribution in [0.3, 0.4) is 0 Å². The van der Waals surface area contributed by atoms with Crippen molar-refractivity contribution in [2.24, 2.45) is 7.05 Å². The summed E-state index contributed by atoms with van der Waals surface area (Å²) in [7, 11) is 1.67. The van der Waals surface area contributed by atoms with Crippen molar-refractivity contribution >= 4 is 5.97 Å². The average Bonchev–Trinajstić information content (AvgIpc) is 3.29. The molecule has 1 aromatic carbocycles. The van der Waals surface area contributed by atoms with Crippen molar-refractivity contribution in [2.45, 2.75) is 33.1 Å². The molecular weight excluding hydrogens is 410 g/mol. The fourth-order valence-electron chi connectivity index (χ4n) is 3.87. The van der Waals surface area contributed by atoms with E-state index in [0.717, 1.165) is 27.9 Å². The minimum atomic E-state index is -0.780. The van der Waals surface area contributed by atoms with Crippen LogP contribution in [0.15, 0.2) is 35.4 Å². The van der Waals surface area contributed by atoms with Gasteiger partial charge in [-0.05, 0) is 42.7 Å². The van der Waals surface area contributed by atoms with E-state index in [1.54, 1.807) is 38.4 Å². The number of nitriles is 1. The quantitative estimate of drug-likeness (QED) is 0.566. The van der Waals surface area contributed by atoms with Crippen molar-refractivity contribution in [3.63, 3.8) is 0 Å². The van der Waals surface area contributed by atoms with E-state index in [9.17, 15) is 14.7 Å². The smallest absolute Gasteiger partial charge is 0.338 e. The molecule has 32 heavy (non-hydrogen) atoms. The van der Waals surface area contributed by atoms with Gasteiger partial charge in [0.25, 0.3) is 0 Å². The first-order valence-electron chi connectivity index (χ1n) is 10.1. The van der Waals surface area contributed by atoms with Gasteiger partial charge in [-0.1, -0.05) is 6.07 Å². The molecule has 0 fully saturated rings. The lowest BCUT2D eigenvalue weighted by Crippen LogP contribution is -2.25. The van der Waals surface area contributed by atoms with Gasteiger partial charge < -0.3 is 15.2 Å². The van der Waals surface area contributed by atoms with Crippen LogP contribution in [-0.4, -0.2) is 31.7 Å². The minimum absolute atomic E-state index is 0.229. The molecule has 0 amide bonds. The van der Waals surface area contributed by atoms with Gasteiger partial charge in [-0.25, -0.2) is 14.6 Å². The number of aliphatic hydroxyl groups is 1. The predicted molar refractivity (Wildman–Crippen MR) is 115 cm³/mol. The van der Waals surface area contributed by atoms with Crippen LogP contribution in [0.1, 0.15) is 50.0 Å². The topological polar surface area (TPSA) is 122 Å². The molecule has 0 aliphatic carbocycles. The van der Waals surface area contributed by atoms with Crippen LogP contribution < -0.4 is 11.0 Å². The van der Waals surface area contributed by atoms with Gasteiger partial charge in [-0.15, -0.1) is 0 Å². The number of cyclic esters (lactones) is 1. The van der Waals surface area contributed by atoms with Crippen LogP contribution in [-0.2, 0) is 24.9 Å². The Morgan fingerprint density at radius 1 is 1.34 bits per heavy atom. The summed E-state index contributed by atoms with van der Waals surface area (Å²) in [4.78, 5) is 28.6. The molecule has 1 aliphatic rings. The monoisotopic (exact) mass is 433 g/mol. The SMILES string of the molecule is Cc1cc(-n2cc(CNC[C@H](O)c3ccc4c(c3C)COC4=O)n(C)c2=O)ncc1C#N. The lowest BCUT2D eigenvalue weighted by molar-refractivity contribution is 0.0535. The number of ether oxygens (including phenoxy) is 1. The Morgan fingerprint density at radius 3 is 2.84 bits per heavy atom. The van der Waals surface area contributed by atoms with Crippen LogP contribution in [0.2, 0.25) is 0 Å². The van der Waals surface area contributed by atoms with Gasteiger partial charge in [0, 0.05) is 38.1 Å². The van der Waals surface area contributed by atoms with Crippen LogP contribution in [0.4, 0.5) is 0 Å². The van der Waals surface area contributed by atoms with Crippen molar-refractivity contribution in [2.75, 3.05) is 6.54 Å². The number of hydrogen-bond donors (Lipinski definition) is 2. The van der Waals surface area contributed by atoms with Gasteiger partial charge >= 0.3 is 11.7 Å². The zero-order chi connectivity index (χ0) is 23.0. The maximum absolute atomic E-state index is 12.7. The third-order valence-corrected chi connectivity index (χ3v) is 5.88. The zero-order valence-corrected chi connectivity index (χ0v) is 18.0. The van der Waals surface area contributed by atoms with Gasteiger partial charge in [-0.3, -0.25) is 9.13 Å². The van der Waals surface area contributed by atoms with E-state index in [1.807, 2.05) is 6.92 Å². The number of imidazole rings is 1. The first kappa shape index (κ1) is 21.5. The fourth-order valence-corrected chi connectivity index (χ4v) is 3.87. The second-order valence-corrected chi connectivity index (χ2v) is 7.83. The van der Waals surface area contributed by atoms with Crippen molar-refractivity contribution in [1.29, 1.82) is 5.26 Å². The maximum Gasteiger partial charge on any atom is 0.338 e. The third-order valence-electron chi connectivity index (χ3n) is 5.88. The Morgan fingerprint density at radius 2 is 2.12 bits per heavy atom. The molecule has 1 atom stereocenters. The van der Waals surface area contributed by atoms with Crippen molar-refractivity contribution in [1.82, 2.24) is 19.4 Å². The minimum Gasteiger partial charge on any atom is -0.457 e. The van der Waals surface area contributed by atoms with E-state index in [0.29, 0.717) is 23.5 Å². The number of rotatable bonds is 6. The fraction of sp³-hybridized carbons (Fsp3) is 0.304.